The lowest BCUT2D eigenvalue weighted by atomic mass is 10.2. The van der Waals surface area contributed by atoms with Crippen molar-refractivity contribution in [3.63, 3.8) is 0 Å². The smallest absolute Gasteiger partial charge is 0.235 e. The number of nitrogens with zero attached hydrogens (tertiary/aromatic N) is 4. The quantitative estimate of drug-likeness (QED) is 0.774. The average molecular weight is 365 g/mol. The molecule has 0 spiro atoms. The third-order valence-electron chi connectivity index (χ3n) is 4.15. The normalized spacial score (nSPS) is 16.7. The summed E-state index contributed by atoms with van der Waals surface area (Å²) in [5.41, 5.74) is 0.893. The highest BCUT2D eigenvalue weighted by Crippen LogP contribution is 2.26. The minimum absolute atomic E-state index is 0.183. The number of likely N-dealkylation sites (tertiary alicyclic amines) is 1. The van der Waals surface area contributed by atoms with Gasteiger partial charge in [-0.3, -0.25) is 9.36 Å². The lowest BCUT2D eigenvalue weighted by Gasteiger charge is -2.23. The molecule has 1 saturated heterocycles. The molecule has 5 nitrogen and oxygen atoms in total. The predicted molar refractivity (Wildman–Crippen MR) is 96.7 cm³/mol. The molecule has 0 aliphatic carbocycles. The van der Waals surface area contributed by atoms with Crippen LogP contribution in [0.1, 0.15) is 32.6 Å². The zero-order valence-corrected chi connectivity index (χ0v) is 15.3. The van der Waals surface area contributed by atoms with E-state index in [4.69, 9.17) is 11.6 Å². The fourth-order valence-corrected chi connectivity index (χ4v) is 3.98. The Hall–Kier alpha value is -1.53. The van der Waals surface area contributed by atoms with Gasteiger partial charge in [-0.2, -0.15) is 0 Å². The highest BCUT2D eigenvalue weighted by Gasteiger charge is 2.24. The minimum atomic E-state index is -0.190. The molecule has 1 aromatic carbocycles. The number of halogens is 1. The number of rotatable bonds is 4. The largest absolute Gasteiger partial charge is 0.342 e. The van der Waals surface area contributed by atoms with Crippen LogP contribution in [0.4, 0.5) is 0 Å². The molecule has 1 aliphatic heterocycles. The van der Waals surface area contributed by atoms with E-state index in [0.29, 0.717) is 10.2 Å². The fraction of sp³-hybridized carbons (Fsp3) is 0.471. The molecule has 2 heterocycles. The van der Waals surface area contributed by atoms with E-state index in [9.17, 15) is 4.79 Å². The third kappa shape index (κ3) is 4.11. The Morgan fingerprint density at radius 1 is 1.25 bits per heavy atom. The van der Waals surface area contributed by atoms with Crippen molar-refractivity contribution >= 4 is 29.3 Å². The summed E-state index contributed by atoms with van der Waals surface area (Å²) in [6, 6.07) is 7.52. The number of thioether (sulfide) groups is 1. The number of aromatic nitrogens is 3. The van der Waals surface area contributed by atoms with Crippen LogP contribution in [0.15, 0.2) is 35.7 Å². The molecular weight excluding hydrogens is 344 g/mol. The molecule has 2 aromatic rings. The van der Waals surface area contributed by atoms with Crippen LogP contribution in [0, 0.1) is 0 Å². The molecule has 1 amide bonds. The van der Waals surface area contributed by atoms with E-state index in [1.54, 1.807) is 6.33 Å². The van der Waals surface area contributed by atoms with Crippen LogP contribution in [-0.4, -0.2) is 43.9 Å². The summed E-state index contributed by atoms with van der Waals surface area (Å²) in [4.78, 5) is 14.7. The van der Waals surface area contributed by atoms with Crippen molar-refractivity contribution in [1.82, 2.24) is 19.7 Å². The van der Waals surface area contributed by atoms with Crippen molar-refractivity contribution in [2.24, 2.45) is 0 Å². The number of benzene rings is 1. The van der Waals surface area contributed by atoms with Crippen molar-refractivity contribution in [1.29, 1.82) is 0 Å². The highest BCUT2D eigenvalue weighted by molar-refractivity contribution is 8.00. The van der Waals surface area contributed by atoms with Gasteiger partial charge in [0.05, 0.1) is 10.9 Å². The molecule has 7 heteroatoms. The Bertz CT molecular complexity index is 697. The Balaban J connectivity index is 1.72. The van der Waals surface area contributed by atoms with E-state index in [1.165, 1.54) is 24.6 Å². The Labute approximate surface area is 151 Å². The van der Waals surface area contributed by atoms with Crippen molar-refractivity contribution in [3.8, 4) is 5.69 Å². The van der Waals surface area contributed by atoms with Crippen molar-refractivity contribution < 1.29 is 4.79 Å². The van der Waals surface area contributed by atoms with E-state index < -0.39 is 0 Å². The molecule has 0 bridgehead atoms. The van der Waals surface area contributed by atoms with Gasteiger partial charge in [0.2, 0.25) is 5.91 Å². The van der Waals surface area contributed by atoms with E-state index in [-0.39, 0.29) is 11.2 Å². The third-order valence-corrected chi connectivity index (χ3v) is 5.43. The Kier molecular flexibility index (Phi) is 5.79. The molecule has 1 fully saturated rings. The topological polar surface area (TPSA) is 51.0 Å². The van der Waals surface area contributed by atoms with E-state index >= 15 is 0 Å². The summed E-state index contributed by atoms with van der Waals surface area (Å²) in [5, 5.41) is 9.33. The molecule has 24 heavy (non-hydrogen) atoms. The standard InChI is InChI=1S/C17H21ClN4OS/c1-13(16(23)21-9-4-2-3-5-10-21)24-17-20-19-12-22(17)15-8-6-7-14(18)11-15/h6-8,11-13H,2-5,9-10H2,1H3. The maximum absolute atomic E-state index is 12.7. The molecule has 128 valence electrons. The second-order valence-corrected chi connectivity index (χ2v) is 7.71. The molecule has 1 unspecified atom stereocenters. The zero-order valence-electron chi connectivity index (χ0n) is 13.7. The lowest BCUT2D eigenvalue weighted by Crippen LogP contribution is -2.37. The van der Waals surface area contributed by atoms with Crippen LogP contribution in [0.2, 0.25) is 5.02 Å². The minimum Gasteiger partial charge on any atom is -0.342 e. The summed E-state index contributed by atoms with van der Waals surface area (Å²) >= 11 is 7.51. The SMILES string of the molecule is CC(Sc1nncn1-c1cccc(Cl)c1)C(=O)N1CCCCCC1. The predicted octanol–water partition coefficient (Wildman–Crippen LogP) is 3.80. The second kappa shape index (κ2) is 8.03. The van der Waals surface area contributed by atoms with Crippen LogP contribution in [0.3, 0.4) is 0 Å². The van der Waals surface area contributed by atoms with Gasteiger partial charge in [-0.1, -0.05) is 42.3 Å². The zero-order chi connectivity index (χ0) is 16.9. The van der Waals surface area contributed by atoms with Crippen LogP contribution >= 0.6 is 23.4 Å². The van der Waals surface area contributed by atoms with Crippen LogP contribution in [0.25, 0.3) is 5.69 Å². The maximum Gasteiger partial charge on any atom is 0.235 e. The number of hydrogen-bond acceptors (Lipinski definition) is 4. The van der Waals surface area contributed by atoms with Gasteiger partial charge in [-0.05, 0) is 38.0 Å². The van der Waals surface area contributed by atoms with Crippen molar-refractivity contribution in [2.45, 2.75) is 43.0 Å². The molecular formula is C17H21ClN4OS. The first kappa shape index (κ1) is 17.3. The summed E-state index contributed by atoms with van der Waals surface area (Å²) in [5.74, 6) is 0.183. The van der Waals surface area contributed by atoms with E-state index in [0.717, 1.165) is 31.6 Å². The average Bonchev–Trinajstić information content (AvgIpc) is 2.86. The molecule has 3 rings (SSSR count). The van der Waals surface area contributed by atoms with Crippen molar-refractivity contribution in [3.05, 3.63) is 35.6 Å². The van der Waals surface area contributed by atoms with Crippen molar-refractivity contribution in [2.75, 3.05) is 13.1 Å². The molecule has 0 radical (unpaired) electrons. The molecule has 1 aliphatic rings. The fourth-order valence-electron chi connectivity index (χ4n) is 2.86. The van der Waals surface area contributed by atoms with Crippen LogP contribution < -0.4 is 0 Å². The van der Waals surface area contributed by atoms with E-state index in [2.05, 4.69) is 10.2 Å². The molecule has 1 atom stereocenters. The Morgan fingerprint density at radius 3 is 2.71 bits per heavy atom. The first-order valence-electron chi connectivity index (χ1n) is 8.26. The van der Waals surface area contributed by atoms with Gasteiger partial charge in [0.1, 0.15) is 6.33 Å². The van der Waals surface area contributed by atoms with Gasteiger partial charge in [0.25, 0.3) is 0 Å². The Morgan fingerprint density at radius 2 is 2.00 bits per heavy atom. The van der Waals surface area contributed by atoms with Crippen LogP contribution in [-0.2, 0) is 4.79 Å². The number of hydrogen-bond donors (Lipinski definition) is 0. The maximum atomic E-state index is 12.7. The van der Waals surface area contributed by atoms with Gasteiger partial charge in [0.15, 0.2) is 5.16 Å². The van der Waals surface area contributed by atoms with Gasteiger partial charge in [-0.25, -0.2) is 0 Å². The van der Waals surface area contributed by atoms with Gasteiger partial charge in [-0.15, -0.1) is 10.2 Å². The monoisotopic (exact) mass is 364 g/mol. The number of amides is 1. The lowest BCUT2D eigenvalue weighted by molar-refractivity contribution is -0.130. The highest BCUT2D eigenvalue weighted by atomic mass is 35.5. The molecule has 0 N–H and O–H groups in total. The first-order valence-corrected chi connectivity index (χ1v) is 9.52. The number of carbonyl (C=O) groups is 1. The summed E-state index contributed by atoms with van der Waals surface area (Å²) in [7, 11) is 0. The number of carbonyl (C=O) groups excluding carboxylic acids is 1. The summed E-state index contributed by atoms with van der Waals surface area (Å²) < 4.78 is 1.86. The molecule has 0 saturated carbocycles. The van der Waals surface area contributed by atoms with Gasteiger partial charge >= 0.3 is 0 Å². The second-order valence-electron chi connectivity index (χ2n) is 5.96. The van der Waals surface area contributed by atoms with Crippen LogP contribution in [0.5, 0.6) is 0 Å². The summed E-state index contributed by atoms with van der Waals surface area (Å²) in [6.07, 6.45) is 6.28. The van der Waals surface area contributed by atoms with E-state index in [1.807, 2.05) is 40.7 Å². The van der Waals surface area contributed by atoms with Gasteiger partial charge < -0.3 is 4.90 Å². The molecule has 1 aromatic heterocycles. The summed E-state index contributed by atoms with van der Waals surface area (Å²) in [6.45, 7) is 3.67. The van der Waals surface area contributed by atoms with Gasteiger partial charge in [0, 0.05) is 18.1 Å². The first-order chi connectivity index (χ1) is 11.6.